The Morgan fingerprint density at radius 1 is 1.22 bits per heavy atom. The van der Waals surface area contributed by atoms with Crippen LogP contribution >= 0.6 is 11.6 Å². The molecule has 1 aromatic carbocycles. The van der Waals surface area contributed by atoms with E-state index in [2.05, 4.69) is 15.3 Å². The number of ether oxygens (including phenoxy) is 1. The van der Waals surface area contributed by atoms with Crippen LogP contribution in [0.3, 0.4) is 0 Å². The van der Waals surface area contributed by atoms with Gasteiger partial charge in [-0.05, 0) is 50.5 Å². The number of carbonyl (C=O) groups excluding carboxylic acids is 1. The smallest absolute Gasteiger partial charge is 0.288 e. The van der Waals surface area contributed by atoms with Crippen LogP contribution in [0.5, 0.6) is 5.75 Å². The maximum absolute atomic E-state index is 12.7. The minimum absolute atomic E-state index is 0.107. The van der Waals surface area contributed by atoms with Gasteiger partial charge in [-0.15, -0.1) is 0 Å². The number of amides is 1. The average Bonchev–Trinajstić information content (AvgIpc) is 2.70. The first-order valence-corrected chi connectivity index (χ1v) is 9.36. The fourth-order valence-electron chi connectivity index (χ4n) is 3.10. The Labute approximate surface area is 162 Å². The van der Waals surface area contributed by atoms with Gasteiger partial charge in [0.15, 0.2) is 0 Å². The third-order valence-corrected chi connectivity index (χ3v) is 5.08. The first kappa shape index (κ1) is 19.2. The number of aromatic nitrogens is 2. The van der Waals surface area contributed by atoms with Crippen LogP contribution in [-0.2, 0) is 4.79 Å². The lowest BCUT2D eigenvalue weighted by Crippen LogP contribution is -2.36. The van der Waals surface area contributed by atoms with Crippen molar-refractivity contribution in [3.05, 3.63) is 45.8 Å². The molecule has 2 aromatic rings. The molecule has 144 valence electrons. The fraction of sp³-hybridized carbons (Fsp3) is 0.421. The molecule has 2 heterocycles. The summed E-state index contributed by atoms with van der Waals surface area (Å²) in [4.78, 5) is 27.3. The molecule has 1 N–H and O–H groups in total. The van der Waals surface area contributed by atoms with E-state index in [0.717, 1.165) is 30.6 Å². The van der Waals surface area contributed by atoms with E-state index in [1.807, 2.05) is 0 Å². The van der Waals surface area contributed by atoms with Gasteiger partial charge in [-0.25, -0.2) is 4.68 Å². The molecule has 1 atom stereocenters. The van der Waals surface area contributed by atoms with Gasteiger partial charge in [-0.3, -0.25) is 9.59 Å². The van der Waals surface area contributed by atoms with Crippen molar-refractivity contribution in [3.63, 3.8) is 0 Å². The number of piperidine rings is 1. The lowest BCUT2D eigenvalue weighted by atomic mass is 10.1. The van der Waals surface area contributed by atoms with Gasteiger partial charge < -0.3 is 15.0 Å². The topological polar surface area (TPSA) is 76.5 Å². The number of halogens is 1. The zero-order valence-corrected chi connectivity index (χ0v) is 16.2. The second-order valence-electron chi connectivity index (χ2n) is 6.53. The molecule has 0 saturated carbocycles. The van der Waals surface area contributed by atoms with Gasteiger partial charge in [0, 0.05) is 18.8 Å². The maximum atomic E-state index is 12.7. The van der Waals surface area contributed by atoms with Crippen molar-refractivity contribution in [1.29, 1.82) is 0 Å². The molecule has 1 aromatic heterocycles. The highest BCUT2D eigenvalue weighted by Gasteiger charge is 2.22. The third-order valence-electron chi connectivity index (χ3n) is 4.73. The van der Waals surface area contributed by atoms with Gasteiger partial charge in [-0.1, -0.05) is 11.6 Å². The third kappa shape index (κ3) is 4.24. The van der Waals surface area contributed by atoms with E-state index in [4.69, 9.17) is 16.3 Å². The van der Waals surface area contributed by atoms with E-state index < -0.39 is 11.6 Å². The van der Waals surface area contributed by atoms with Crippen LogP contribution in [0, 0.1) is 0 Å². The normalized spacial score (nSPS) is 15.3. The Morgan fingerprint density at radius 3 is 2.52 bits per heavy atom. The molecule has 27 heavy (non-hydrogen) atoms. The SMILES string of the molecule is COc1ccc(NC(=O)C(C)n2ncc(N3CCCCC3)c(Cl)c2=O)cc1. The number of hydrogen-bond acceptors (Lipinski definition) is 5. The molecule has 3 rings (SSSR count). The van der Waals surface area contributed by atoms with Crippen LogP contribution in [0.1, 0.15) is 32.2 Å². The van der Waals surface area contributed by atoms with Gasteiger partial charge in [0.1, 0.15) is 16.8 Å². The van der Waals surface area contributed by atoms with E-state index >= 15 is 0 Å². The van der Waals surface area contributed by atoms with Crippen molar-refractivity contribution in [3.8, 4) is 5.75 Å². The van der Waals surface area contributed by atoms with Crippen molar-refractivity contribution in [2.75, 3.05) is 30.4 Å². The van der Waals surface area contributed by atoms with Crippen LogP contribution in [0.15, 0.2) is 35.3 Å². The van der Waals surface area contributed by atoms with Gasteiger partial charge >= 0.3 is 0 Å². The van der Waals surface area contributed by atoms with Crippen molar-refractivity contribution >= 4 is 28.9 Å². The Hall–Kier alpha value is -2.54. The van der Waals surface area contributed by atoms with Crippen LogP contribution < -0.4 is 20.5 Å². The summed E-state index contributed by atoms with van der Waals surface area (Å²) in [5, 5.41) is 7.08. The highest BCUT2D eigenvalue weighted by molar-refractivity contribution is 6.33. The fourth-order valence-corrected chi connectivity index (χ4v) is 3.35. The number of nitrogens with zero attached hydrogens (tertiary/aromatic N) is 3. The predicted molar refractivity (Wildman–Crippen MR) is 106 cm³/mol. The first-order chi connectivity index (χ1) is 13.0. The largest absolute Gasteiger partial charge is 0.497 e. The van der Waals surface area contributed by atoms with Crippen LogP contribution in [0.25, 0.3) is 0 Å². The van der Waals surface area contributed by atoms with Gasteiger partial charge in [0.05, 0.1) is 19.0 Å². The first-order valence-electron chi connectivity index (χ1n) is 8.98. The van der Waals surface area contributed by atoms with Crippen molar-refractivity contribution < 1.29 is 9.53 Å². The highest BCUT2D eigenvalue weighted by atomic mass is 35.5. The van der Waals surface area contributed by atoms with E-state index in [1.54, 1.807) is 44.5 Å². The number of nitrogens with one attached hydrogen (secondary N) is 1. The molecule has 0 bridgehead atoms. The number of rotatable bonds is 5. The zero-order chi connectivity index (χ0) is 19.4. The molecule has 1 fully saturated rings. The Bertz CT molecular complexity index is 860. The molecule has 7 nitrogen and oxygen atoms in total. The lowest BCUT2D eigenvalue weighted by molar-refractivity contribution is -0.119. The van der Waals surface area contributed by atoms with E-state index in [1.165, 1.54) is 6.42 Å². The van der Waals surface area contributed by atoms with Gasteiger partial charge in [0.2, 0.25) is 5.91 Å². The molecule has 0 spiro atoms. The molecule has 1 amide bonds. The summed E-state index contributed by atoms with van der Waals surface area (Å²) < 4.78 is 6.21. The molecular weight excluding hydrogens is 368 g/mol. The van der Waals surface area contributed by atoms with Crippen LogP contribution in [-0.4, -0.2) is 35.9 Å². The second-order valence-corrected chi connectivity index (χ2v) is 6.91. The summed E-state index contributed by atoms with van der Waals surface area (Å²) in [7, 11) is 1.57. The standard InChI is InChI=1S/C19H23ClN4O3/c1-13(18(25)22-14-6-8-15(27-2)9-7-14)24-19(26)17(20)16(12-21-24)23-10-4-3-5-11-23/h6-9,12-13H,3-5,10-11H2,1-2H3,(H,22,25). The Kier molecular flexibility index (Phi) is 6.01. The molecule has 0 aliphatic carbocycles. The number of hydrogen-bond donors (Lipinski definition) is 1. The quantitative estimate of drug-likeness (QED) is 0.848. The predicted octanol–water partition coefficient (Wildman–Crippen LogP) is 3.10. The van der Waals surface area contributed by atoms with Gasteiger partial charge in [0.25, 0.3) is 5.56 Å². The second kappa shape index (κ2) is 8.43. The molecule has 0 radical (unpaired) electrons. The summed E-state index contributed by atoms with van der Waals surface area (Å²) in [5.41, 5.74) is 0.786. The van der Waals surface area contributed by atoms with Crippen molar-refractivity contribution in [2.24, 2.45) is 0 Å². The molecular formula is C19H23ClN4O3. The highest BCUT2D eigenvalue weighted by Crippen LogP contribution is 2.25. The molecule has 1 unspecified atom stereocenters. The van der Waals surface area contributed by atoms with E-state index in [9.17, 15) is 9.59 Å². The minimum Gasteiger partial charge on any atom is -0.497 e. The molecule has 1 saturated heterocycles. The van der Waals surface area contributed by atoms with Gasteiger partial charge in [-0.2, -0.15) is 5.10 Å². The van der Waals surface area contributed by atoms with Crippen LogP contribution in [0.4, 0.5) is 11.4 Å². The van der Waals surface area contributed by atoms with Crippen molar-refractivity contribution in [2.45, 2.75) is 32.2 Å². The Morgan fingerprint density at radius 2 is 1.89 bits per heavy atom. The summed E-state index contributed by atoms with van der Waals surface area (Å²) >= 11 is 6.31. The number of benzene rings is 1. The summed E-state index contributed by atoms with van der Waals surface area (Å²) in [6.45, 7) is 3.33. The molecule has 1 aliphatic heterocycles. The number of anilines is 2. The zero-order valence-electron chi connectivity index (χ0n) is 15.4. The molecule has 1 aliphatic rings. The van der Waals surface area contributed by atoms with Crippen LogP contribution in [0.2, 0.25) is 5.02 Å². The summed E-state index contributed by atoms with van der Waals surface area (Å²) in [5.74, 6) is 0.343. The van der Waals surface area contributed by atoms with E-state index in [-0.39, 0.29) is 10.9 Å². The summed E-state index contributed by atoms with van der Waals surface area (Å²) in [6, 6.07) is 6.15. The monoisotopic (exact) mass is 390 g/mol. The Balaban J connectivity index is 1.77. The number of carbonyl (C=O) groups is 1. The maximum Gasteiger partial charge on any atom is 0.288 e. The summed E-state index contributed by atoms with van der Waals surface area (Å²) in [6.07, 6.45) is 4.90. The molecule has 8 heteroatoms. The lowest BCUT2D eigenvalue weighted by Gasteiger charge is -2.29. The van der Waals surface area contributed by atoms with Crippen molar-refractivity contribution in [1.82, 2.24) is 9.78 Å². The average molecular weight is 391 g/mol. The van der Waals surface area contributed by atoms with E-state index in [0.29, 0.717) is 17.1 Å². The number of methoxy groups -OCH3 is 1. The minimum atomic E-state index is -0.799.